The Balaban J connectivity index is 1.89. The molecule has 1 heterocycles. The van der Waals surface area contributed by atoms with Crippen molar-refractivity contribution in [3.05, 3.63) is 48.0 Å². The van der Waals surface area contributed by atoms with E-state index in [-0.39, 0.29) is 11.8 Å². The quantitative estimate of drug-likeness (QED) is 0.851. The molecule has 0 aliphatic heterocycles. The third-order valence-corrected chi connectivity index (χ3v) is 2.73. The molecule has 0 saturated carbocycles. The normalized spacial score (nSPS) is 12.6. The number of nitrogens with one attached hydrogen (secondary N) is 1. The number of phenols is 1. The first kappa shape index (κ1) is 12.6. The summed E-state index contributed by atoms with van der Waals surface area (Å²) in [4.78, 5) is 0. The van der Waals surface area contributed by atoms with E-state index >= 15 is 0 Å². The van der Waals surface area contributed by atoms with Crippen LogP contribution in [-0.4, -0.2) is 20.9 Å². The average molecular weight is 249 g/mol. The molecule has 0 aliphatic carbocycles. The van der Waals surface area contributed by atoms with Crippen LogP contribution in [0, 0.1) is 5.82 Å². The number of phenolic OH excluding ortho intramolecular Hbond substituents is 1. The van der Waals surface area contributed by atoms with Crippen LogP contribution in [0.2, 0.25) is 0 Å². The first-order chi connectivity index (χ1) is 8.66. The Hall–Kier alpha value is -1.88. The summed E-state index contributed by atoms with van der Waals surface area (Å²) in [6, 6.07) is 6.57. The number of halogens is 1. The first-order valence-corrected chi connectivity index (χ1v) is 5.84. The number of benzene rings is 1. The Labute approximate surface area is 105 Å². The molecular formula is C13H16FN3O. The molecule has 2 aromatic rings. The van der Waals surface area contributed by atoms with Gasteiger partial charge in [-0.15, -0.1) is 0 Å². The molecule has 0 fully saturated rings. The van der Waals surface area contributed by atoms with Crippen molar-refractivity contribution in [3.8, 4) is 5.75 Å². The third-order valence-electron chi connectivity index (χ3n) is 2.73. The second kappa shape index (κ2) is 5.64. The summed E-state index contributed by atoms with van der Waals surface area (Å²) >= 11 is 0. The number of nitrogens with zero attached hydrogens (tertiary/aromatic N) is 2. The van der Waals surface area contributed by atoms with Crippen LogP contribution in [0.15, 0.2) is 36.7 Å². The highest BCUT2D eigenvalue weighted by atomic mass is 19.1. The standard InChI is InChI=1S/C13H16FN3O/c1-10(9-17-7-3-6-16-17)15-8-11-4-2-5-12(14)13(11)18/h2-7,10,15,18H,8-9H2,1H3. The van der Waals surface area contributed by atoms with Crippen molar-refractivity contribution in [1.82, 2.24) is 15.1 Å². The largest absolute Gasteiger partial charge is 0.505 e. The van der Waals surface area contributed by atoms with Gasteiger partial charge < -0.3 is 10.4 Å². The smallest absolute Gasteiger partial charge is 0.165 e. The van der Waals surface area contributed by atoms with Crippen LogP contribution in [0.3, 0.4) is 0 Å². The second-order valence-corrected chi connectivity index (χ2v) is 4.26. The summed E-state index contributed by atoms with van der Waals surface area (Å²) in [6.07, 6.45) is 3.61. The van der Waals surface area contributed by atoms with Gasteiger partial charge in [-0.1, -0.05) is 12.1 Å². The maximum atomic E-state index is 13.1. The van der Waals surface area contributed by atoms with Crippen molar-refractivity contribution in [2.24, 2.45) is 0 Å². The maximum Gasteiger partial charge on any atom is 0.165 e. The molecule has 1 unspecified atom stereocenters. The number of hydrogen-bond donors (Lipinski definition) is 2. The Kier molecular flexibility index (Phi) is 3.94. The summed E-state index contributed by atoms with van der Waals surface area (Å²) in [5.41, 5.74) is 0.558. The van der Waals surface area contributed by atoms with Crippen LogP contribution >= 0.6 is 0 Å². The van der Waals surface area contributed by atoms with E-state index in [1.165, 1.54) is 6.07 Å². The van der Waals surface area contributed by atoms with Crippen molar-refractivity contribution in [2.75, 3.05) is 0 Å². The number of aromatic nitrogens is 2. The lowest BCUT2D eigenvalue weighted by Gasteiger charge is -2.14. The fourth-order valence-electron chi connectivity index (χ4n) is 1.74. The summed E-state index contributed by atoms with van der Waals surface area (Å²) in [6.45, 7) is 3.16. The highest BCUT2D eigenvalue weighted by Gasteiger charge is 2.08. The number of para-hydroxylation sites is 1. The fourth-order valence-corrected chi connectivity index (χ4v) is 1.74. The van der Waals surface area contributed by atoms with E-state index in [1.54, 1.807) is 18.3 Å². The zero-order valence-corrected chi connectivity index (χ0v) is 10.2. The van der Waals surface area contributed by atoms with Gasteiger partial charge in [-0.25, -0.2) is 4.39 Å². The van der Waals surface area contributed by atoms with Gasteiger partial charge in [0.05, 0.1) is 6.54 Å². The van der Waals surface area contributed by atoms with E-state index in [9.17, 15) is 9.50 Å². The first-order valence-electron chi connectivity index (χ1n) is 5.84. The predicted molar refractivity (Wildman–Crippen MR) is 66.6 cm³/mol. The van der Waals surface area contributed by atoms with Gasteiger partial charge in [-0.05, 0) is 19.1 Å². The molecule has 5 heteroatoms. The molecule has 0 saturated heterocycles. The molecular weight excluding hydrogens is 233 g/mol. The van der Waals surface area contributed by atoms with Crippen LogP contribution in [0.5, 0.6) is 5.75 Å². The molecule has 2 rings (SSSR count). The van der Waals surface area contributed by atoms with Crippen molar-refractivity contribution >= 4 is 0 Å². The number of hydrogen-bond acceptors (Lipinski definition) is 3. The maximum absolute atomic E-state index is 13.1. The van der Waals surface area contributed by atoms with E-state index in [0.29, 0.717) is 12.1 Å². The van der Waals surface area contributed by atoms with Crippen LogP contribution < -0.4 is 5.32 Å². The molecule has 4 nitrogen and oxygen atoms in total. The van der Waals surface area contributed by atoms with Gasteiger partial charge in [0, 0.05) is 30.5 Å². The van der Waals surface area contributed by atoms with Crippen LogP contribution in [0.4, 0.5) is 4.39 Å². The van der Waals surface area contributed by atoms with E-state index in [0.717, 1.165) is 6.54 Å². The third kappa shape index (κ3) is 3.07. The SMILES string of the molecule is CC(Cn1cccn1)NCc1cccc(F)c1O. The van der Waals surface area contributed by atoms with Gasteiger partial charge in [0.25, 0.3) is 0 Å². The highest BCUT2D eigenvalue weighted by molar-refractivity contribution is 5.33. The average Bonchev–Trinajstić information content (AvgIpc) is 2.84. The Morgan fingerprint density at radius 2 is 2.28 bits per heavy atom. The minimum atomic E-state index is -0.589. The van der Waals surface area contributed by atoms with E-state index in [1.807, 2.05) is 23.9 Å². The monoisotopic (exact) mass is 249 g/mol. The predicted octanol–water partition coefficient (Wildman–Crippen LogP) is 1.91. The van der Waals surface area contributed by atoms with E-state index in [4.69, 9.17) is 0 Å². The van der Waals surface area contributed by atoms with E-state index in [2.05, 4.69) is 10.4 Å². The van der Waals surface area contributed by atoms with Gasteiger partial charge in [0.15, 0.2) is 11.6 Å². The van der Waals surface area contributed by atoms with Gasteiger partial charge in [0.2, 0.25) is 0 Å². The summed E-state index contributed by atoms with van der Waals surface area (Å²) in [5, 5.41) is 16.9. The number of aromatic hydroxyl groups is 1. The Bertz CT molecular complexity index is 499. The zero-order chi connectivity index (χ0) is 13.0. The lowest BCUT2D eigenvalue weighted by molar-refractivity contribution is 0.412. The van der Waals surface area contributed by atoms with Gasteiger partial charge >= 0.3 is 0 Å². The molecule has 0 amide bonds. The molecule has 96 valence electrons. The second-order valence-electron chi connectivity index (χ2n) is 4.26. The molecule has 0 bridgehead atoms. The van der Waals surface area contributed by atoms with Crippen molar-refractivity contribution in [1.29, 1.82) is 0 Å². The van der Waals surface area contributed by atoms with Crippen LogP contribution in [0.25, 0.3) is 0 Å². The summed E-state index contributed by atoms with van der Waals surface area (Å²) in [7, 11) is 0. The highest BCUT2D eigenvalue weighted by Crippen LogP contribution is 2.20. The lowest BCUT2D eigenvalue weighted by Crippen LogP contribution is -2.30. The minimum Gasteiger partial charge on any atom is -0.505 e. The number of rotatable bonds is 5. The molecule has 1 aromatic carbocycles. The van der Waals surface area contributed by atoms with Gasteiger partial charge in [-0.3, -0.25) is 4.68 Å². The van der Waals surface area contributed by atoms with Gasteiger partial charge in [0.1, 0.15) is 0 Å². The Morgan fingerprint density at radius 3 is 3.00 bits per heavy atom. The van der Waals surface area contributed by atoms with Crippen LogP contribution in [-0.2, 0) is 13.1 Å². The molecule has 2 N–H and O–H groups in total. The fraction of sp³-hybridized carbons (Fsp3) is 0.308. The van der Waals surface area contributed by atoms with Crippen molar-refractivity contribution < 1.29 is 9.50 Å². The van der Waals surface area contributed by atoms with E-state index < -0.39 is 5.82 Å². The molecule has 1 aromatic heterocycles. The van der Waals surface area contributed by atoms with Gasteiger partial charge in [-0.2, -0.15) is 5.10 Å². The molecule has 0 aliphatic rings. The molecule has 18 heavy (non-hydrogen) atoms. The summed E-state index contributed by atoms with van der Waals surface area (Å²) < 4.78 is 14.9. The van der Waals surface area contributed by atoms with Crippen molar-refractivity contribution in [2.45, 2.75) is 26.1 Å². The summed E-state index contributed by atoms with van der Waals surface area (Å²) in [5.74, 6) is -0.870. The molecule has 1 atom stereocenters. The van der Waals surface area contributed by atoms with Crippen LogP contribution in [0.1, 0.15) is 12.5 Å². The molecule has 0 spiro atoms. The topological polar surface area (TPSA) is 50.1 Å². The zero-order valence-electron chi connectivity index (χ0n) is 10.2. The lowest BCUT2D eigenvalue weighted by atomic mass is 10.2. The minimum absolute atomic E-state index is 0.174. The Morgan fingerprint density at radius 1 is 1.44 bits per heavy atom. The molecule has 0 radical (unpaired) electrons. The van der Waals surface area contributed by atoms with Crippen molar-refractivity contribution in [3.63, 3.8) is 0 Å².